The molecule has 1 aliphatic rings. The summed E-state index contributed by atoms with van der Waals surface area (Å²) >= 11 is 1.49. The molecular formula is C24H27N3OS. The van der Waals surface area contributed by atoms with Crippen LogP contribution in [0.25, 0.3) is 0 Å². The lowest BCUT2D eigenvalue weighted by Gasteiger charge is -2.11. The minimum absolute atomic E-state index is 0.132. The fraction of sp³-hybridized carbons (Fsp3) is 0.375. The van der Waals surface area contributed by atoms with E-state index < -0.39 is 0 Å². The number of Topliss-reactive ketones (excluding diaryl/α,β-unsaturated/α-hetero) is 1. The first-order chi connectivity index (χ1) is 14.2. The minimum Gasteiger partial charge on any atom is -0.301 e. The van der Waals surface area contributed by atoms with E-state index in [4.69, 9.17) is 0 Å². The number of hydrogen-bond acceptors (Lipinski definition) is 4. The normalized spacial score (nSPS) is 14.7. The molecule has 3 aromatic rings. The van der Waals surface area contributed by atoms with Gasteiger partial charge in [-0.25, -0.2) is 0 Å². The largest absolute Gasteiger partial charge is 0.301 e. The van der Waals surface area contributed by atoms with Crippen LogP contribution in [-0.2, 0) is 6.54 Å². The van der Waals surface area contributed by atoms with Crippen molar-refractivity contribution in [3.8, 4) is 0 Å². The van der Waals surface area contributed by atoms with Crippen molar-refractivity contribution in [2.24, 2.45) is 0 Å². The van der Waals surface area contributed by atoms with Crippen molar-refractivity contribution in [1.29, 1.82) is 0 Å². The highest BCUT2D eigenvalue weighted by molar-refractivity contribution is 7.99. The zero-order chi connectivity index (χ0) is 20.2. The van der Waals surface area contributed by atoms with E-state index in [0.29, 0.717) is 17.6 Å². The molecule has 0 aliphatic heterocycles. The Morgan fingerprint density at radius 3 is 2.48 bits per heavy atom. The SMILES string of the molecule is CC[C@H](C)c1ccc(C(=O)CSc2nnc(C3CC3)n2Cc2ccccc2)cc1. The van der Waals surface area contributed by atoms with Gasteiger partial charge in [0.25, 0.3) is 0 Å². The number of thioether (sulfide) groups is 1. The van der Waals surface area contributed by atoms with Crippen LogP contribution in [0, 0.1) is 0 Å². The van der Waals surface area contributed by atoms with Gasteiger partial charge in [-0.3, -0.25) is 4.79 Å². The molecule has 1 aromatic heterocycles. The number of carbonyl (C=O) groups is 1. The molecule has 150 valence electrons. The van der Waals surface area contributed by atoms with E-state index in [1.165, 1.54) is 35.7 Å². The Bertz CT molecular complexity index is 962. The van der Waals surface area contributed by atoms with Crippen molar-refractivity contribution in [3.63, 3.8) is 0 Å². The Labute approximate surface area is 176 Å². The zero-order valence-electron chi connectivity index (χ0n) is 17.0. The summed E-state index contributed by atoms with van der Waals surface area (Å²) in [6.45, 7) is 5.14. The number of benzene rings is 2. The van der Waals surface area contributed by atoms with Gasteiger partial charge < -0.3 is 4.57 Å². The van der Waals surface area contributed by atoms with Crippen LogP contribution in [0.3, 0.4) is 0 Å². The highest BCUT2D eigenvalue weighted by atomic mass is 32.2. The Kier molecular flexibility index (Phi) is 6.14. The van der Waals surface area contributed by atoms with Gasteiger partial charge in [0.1, 0.15) is 5.82 Å². The van der Waals surface area contributed by atoms with Crippen LogP contribution >= 0.6 is 11.8 Å². The van der Waals surface area contributed by atoms with Gasteiger partial charge in [-0.2, -0.15) is 0 Å². The topological polar surface area (TPSA) is 47.8 Å². The van der Waals surface area contributed by atoms with Crippen LogP contribution in [0.1, 0.15) is 72.3 Å². The Balaban J connectivity index is 1.46. The predicted molar refractivity (Wildman–Crippen MR) is 118 cm³/mol. The van der Waals surface area contributed by atoms with Gasteiger partial charge in [0, 0.05) is 11.5 Å². The number of ketones is 1. The molecular weight excluding hydrogens is 378 g/mol. The van der Waals surface area contributed by atoms with E-state index >= 15 is 0 Å². The summed E-state index contributed by atoms with van der Waals surface area (Å²) in [6, 6.07) is 18.4. The predicted octanol–water partition coefficient (Wildman–Crippen LogP) is 5.69. The third kappa shape index (κ3) is 4.78. The van der Waals surface area contributed by atoms with Crippen LogP contribution in [0.2, 0.25) is 0 Å². The van der Waals surface area contributed by atoms with Crippen LogP contribution in [0.15, 0.2) is 59.8 Å². The third-order valence-corrected chi connectivity index (χ3v) is 6.58. The van der Waals surface area contributed by atoms with Gasteiger partial charge in [0.2, 0.25) is 0 Å². The number of nitrogens with zero attached hydrogens (tertiary/aromatic N) is 3. The molecule has 0 N–H and O–H groups in total. The summed E-state index contributed by atoms with van der Waals surface area (Å²) in [5, 5.41) is 9.69. The van der Waals surface area contributed by atoms with Crippen LogP contribution in [-0.4, -0.2) is 26.3 Å². The van der Waals surface area contributed by atoms with Crippen molar-refractivity contribution in [2.45, 2.75) is 56.6 Å². The van der Waals surface area contributed by atoms with Crippen molar-refractivity contribution < 1.29 is 4.79 Å². The third-order valence-electron chi connectivity index (χ3n) is 5.62. The molecule has 0 bridgehead atoms. The molecule has 0 unspecified atom stereocenters. The lowest BCUT2D eigenvalue weighted by Crippen LogP contribution is -2.08. The van der Waals surface area contributed by atoms with Crippen LogP contribution in [0.4, 0.5) is 0 Å². The van der Waals surface area contributed by atoms with E-state index in [1.54, 1.807) is 0 Å². The van der Waals surface area contributed by atoms with Gasteiger partial charge in [-0.1, -0.05) is 80.2 Å². The second kappa shape index (κ2) is 8.95. The maximum absolute atomic E-state index is 12.7. The highest BCUT2D eigenvalue weighted by Crippen LogP contribution is 2.40. The monoisotopic (exact) mass is 405 g/mol. The number of rotatable bonds is 9. The molecule has 29 heavy (non-hydrogen) atoms. The van der Waals surface area contributed by atoms with Crippen LogP contribution < -0.4 is 0 Å². The molecule has 1 atom stereocenters. The van der Waals surface area contributed by atoms with E-state index in [1.807, 2.05) is 18.2 Å². The number of aromatic nitrogens is 3. The molecule has 5 heteroatoms. The Morgan fingerprint density at radius 2 is 1.83 bits per heavy atom. The van der Waals surface area contributed by atoms with Crippen molar-refractivity contribution in [2.75, 3.05) is 5.75 Å². The van der Waals surface area contributed by atoms with Crippen LogP contribution in [0.5, 0.6) is 0 Å². The minimum atomic E-state index is 0.132. The summed E-state index contributed by atoms with van der Waals surface area (Å²) in [5.41, 5.74) is 3.28. The average molecular weight is 406 g/mol. The maximum atomic E-state index is 12.7. The first-order valence-corrected chi connectivity index (χ1v) is 11.4. The summed E-state index contributed by atoms with van der Waals surface area (Å²) in [5.74, 6) is 2.60. The van der Waals surface area contributed by atoms with E-state index in [-0.39, 0.29) is 5.78 Å². The smallest absolute Gasteiger partial charge is 0.191 e. The molecule has 4 rings (SSSR count). The highest BCUT2D eigenvalue weighted by Gasteiger charge is 2.30. The van der Waals surface area contributed by atoms with Gasteiger partial charge in [0.15, 0.2) is 10.9 Å². The van der Waals surface area contributed by atoms with Gasteiger partial charge in [-0.05, 0) is 36.3 Å². The second-order valence-electron chi connectivity index (χ2n) is 7.83. The van der Waals surface area contributed by atoms with Crippen molar-refractivity contribution in [3.05, 3.63) is 77.1 Å². The van der Waals surface area contributed by atoms with E-state index in [0.717, 1.165) is 29.5 Å². The molecule has 2 aromatic carbocycles. The standard InChI is InChI=1S/C24H27N3OS/c1-3-17(2)19-9-11-20(12-10-19)22(28)16-29-24-26-25-23(21-13-14-21)27(24)15-18-7-5-4-6-8-18/h4-12,17,21H,3,13-16H2,1-2H3/t17-/m0/s1. The first kappa shape index (κ1) is 19.9. The summed E-state index contributed by atoms with van der Waals surface area (Å²) in [7, 11) is 0. The van der Waals surface area contributed by atoms with E-state index in [9.17, 15) is 4.79 Å². The van der Waals surface area contributed by atoms with Crippen molar-refractivity contribution >= 4 is 17.5 Å². The molecule has 1 aliphatic carbocycles. The fourth-order valence-electron chi connectivity index (χ4n) is 3.41. The van der Waals surface area contributed by atoms with E-state index in [2.05, 4.69) is 65.0 Å². The Morgan fingerprint density at radius 1 is 1.10 bits per heavy atom. The Hall–Kier alpha value is -2.40. The quantitative estimate of drug-likeness (QED) is 0.339. The summed E-state index contributed by atoms with van der Waals surface area (Å²) in [4.78, 5) is 12.7. The first-order valence-electron chi connectivity index (χ1n) is 10.4. The maximum Gasteiger partial charge on any atom is 0.191 e. The summed E-state index contributed by atoms with van der Waals surface area (Å²) in [6.07, 6.45) is 3.46. The van der Waals surface area contributed by atoms with Gasteiger partial charge in [-0.15, -0.1) is 10.2 Å². The second-order valence-corrected chi connectivity index (χ2v) is 8.77. The van der Waals surface area contributed by atoms with Gasteiger partial charge in [0.05, 0.1) is 12.3 Å². The lowest BCUT2D eigenvalue weighted by molar-refractivity contribution is 0.102. The number of hydrogen-bond donors (Lipinski definition) is 0. The lowest BCUT2D eigenvalue weighted by atomic mass is 9.97. The molecule has 0 spiro atoms. The zero-order valence-corrected chi connectivity index (χ0v) is 17.9. The average Bonchev–Trinajstić information content (AvgIpc) is 3.54. The van der Waals surface area contributed by atoms with Gasteiger partial charge >= 0.3 is 0 Å². The molecule has 0 saturated heterocycles. The molecule has 1 fully saturated rings. The fourth-order valence-corrected chi connectivity index (χ4v) is 4.25. The molecule has 4 nitrogen and oxygen atoms in total. The molecule has 1 heterocycles. The molecule has 0 amide bonds. The van der Waals surface area contributed by atoms with Crippen molar-refractivity contribution in [1.82, 2.24) is 14.8 Å². The molecule has 1 saturated carbocycles. The number of carbonyl (C=O) groups excluding carboxylic acids is 1. The summed E-state index contributed by atoms with van der Waals surface area (Å²) < 4.78 is 2.19. The molecule has 0 radical (unpaired) electrons.